The molecule has 0 saturated heterocycles. The van der Waals surface area contributed by atoms with Gasteiger partial charge in [-0.2, -0.15) is 0 Å². The molecule has 0 bridgehead atoms. The third-order valence-corrected chi connectivity index (χ3v) is 1.12. The summed E-state index contributed by atoms with van der Waals surface area (Å²) in [6.07, 6.45) is 0.940. The van der Waals surface area contributed by atoms with Crippen LogP contribution in [0.1, 0.15) is 18.7 Å². The molecule has 0 aliphatic carbocycles. The van der Waals surface area contributed by atoms with E-state index in [-0.39, 0.29) is 5.95 Å². The fourth-order valence-corrected chi connectivity index (χ4v) is 0.621. The first-order chi connectivity index (χ1) is 4.70. The first-order valence-corrected chi connectivity index (χ1v) is 2.96. The molecule has 0 amide bonds. The quantitative estimate of drug-likeness (QED) is 0.579. The number of aliphatic hydroxyl groups is 1. The average molecular weight is 139 g/mol. The number of nitrogens with zero attached hydrogens (tertiary/aromatic N) is 2. The number of anilines is 1. The van der Waals surface area contributed by atoms with E-state index in [2.05, 4.69) is 9.97 Å². The molecule has 4 heteroatoms. The molecule has 1 rings (SSSR count). The van der Waals surface area contributed by atoms with Crippen LogP contribution in [0, 0.1) is 0 Å². The molecule has 1 atom stereocenters. The van der Waals surface area contributed by atoms with E-state index >= 15 is 0 Å². The molecule has 4 nitrogen and oxygen atoms in total. The van der Waals surface area contributed by atoms with Crippen molar-refractivity contribution >= 4 is 5.95 Å². The van der Waals surface area contributed by atoms with Crippen molar-refractivity contribution in [2.45, 2.75) is 13.0 Å². The first kappa shape index (κ1) is 6.95. The van der Waals surface area contributed by atoms with Crippen LogP contribution < -0.4 is 5.73 Å². The van der Waals surface area contributed by atoms with Crippen molar-refractivity contribution in [3.05, 3.63) is 18.0 Å². The third-order valence-electron chi connectivity index (χ3n) is 1.12. The molecule has 10 heavy (non-hydrogen) atoms. The zero-order chi connectivity index (χ0) is 7.56. The van der Waals surface area contributed by atoms with Crippen molar-refractivity contribution in [1.29, 1.82) is 0 Å². The fraction of sp³-hybridized carbons (Fsp3) is 0.333. The van der Waals surface area contributed by atoms with E-state index in [1.165, 1.54) is 6.20 Å². The van der Waals surface area contributed by atoms with Gasteiger partial charge in [0.05, 0.1) is 11.8 Å². The van der Waals surface area contributed by atoms with Gasteiger partial charge in [-0.15, -0.1) is 0 Å². The monoisotopic (exact) mass is 139 g/mol. The molecule has 1 aromatic rings. The lowest BCUT2D eigenvalue weighted by Gasteiger charge is -2.01. The summed E-state index contributed by atoms with van der Waals surface area (Å²) in [5.41, 5.74) is 5.81. The Morgan fingerprint density at radius 3 is 2.80 bits per heavy atom. The number of aliphatic hydroxyl groups excluding tert-OH is 1. The maximum atomic E-state index is 9.00. The van der Waals surface area contributed by atoms with Crippen molar-refractivity contribution < 1.29 is 5.11 Å². The average Bonchev–Trinajstić information content (AvgIpc) is 1.88. The smallest absolute Gasteiger partial charge is 0.220 e. The Labute approximate surface area is 58.7 Å². The minimum Gasteiger partial charge on any atom is -0.387 e. The molecule has 0 spiro atoms. The minimum atomic E-state index is -0.578. The summed E-state index contributed by atoms with van der Waals surface area (Å²) in [5, 5.41) is 9.00. The molecule has 1 aromatic heterocycles. The number of nitrogens with two attached hydrogens (primary N) is 1. The maximum Gasteiger partial charge on any atom is 0.220 e. The topological polar surface area (TPSA) is 72.0 Å². The molecule has 0 unspecified atom stereocenters. The molecule has 0 saturated carbocycles. The van der Waals surface area contributed by atoms with Crippen molar-refractivity contribution in [3.8, 4) is 0 Å². The van der Waals surface area contributed by atoms with E-state index in [0.717, 1.165) is 0 Å². The van der Waals surface area contributed by atoms with E-state index in [9.17, 15) is 0 Å². The predicted octanol–water partition coefficient (Wildman–Crippen LogP) is 0.112. The lowest BCUT2D eigenvalue weighted by atomic mass is 10.3. The standard InChI is InChI=1S/C6H9N3O/c1-4(10)5-2-3-8-6(7)9-5/h2-4,10H,1H3,(H2,7,8,9)/t4-/m0/s1. The van der Waals surface area contributed by atoms with Gasteiger partial charge in [-0.3, -0.25) is 0 Å². The highest BCUT2D eigenvalue weighted by Gasteiger charge is 2.00. The lowest BCUT2D eigenvalue weighted by molar-refractivity contribution is 0.194. The van der Waals surface area contributed by atoms with E-state index < -0.39 is 6.10 Å². The van der Waals surface area contributed by atoms with Gasteiger partial charge >= 0.3 is 0 Å². The normalized spacial score (nSPS) is 13.0. The molecular formula is C6H9N3O. The van der Waals surface area contributed by atoms with Crippen LogP contribution in [0.25, 0.3) is 0 Å². The zero-order valence-electron chi connectivity index (χ0n) is 5.65. The molecule has 1 heterocycles. The van der Waals surface area contributed by atoms with Crippen molar-refractivity contribution in [2.75, 3.05) is 5.73 Å². The molecule has 0 fully saturated rings. The third kappa shape index (κ3) is 1.41. The Bertz CT molecular complexity index is 224. The molecule has 0 aliphatic rings. The van der Waals surface area contributed by atoms with Crippen molar-refractivity contribution in [2.24, 2.45) is 0 Å². The zero-order valence-corrected chi connectivity index (χ0v) is 5.65. The number of hydrogen-bond acceptors (Lipinski definition) is 4. The summed E-state index contributed by atoms with van der Waals surface area (Å²) < 4.78 is 0. The van der Waals surface area contributed by atoms with E-state index in [1.807, 2.05) is 0 Å². The van der Waals surface area contributed by atoms with Gasteiger partial charge in [0.1, 0.15) is 0 Å². The van der Waals surface area contributed by atoms with Crippen molar-refractivity contribution in [1.82, 2.24) is 9.97 Å². The van der Waals surface area contributed by atoms with Crippen LogP contribution >= 0.6 is 0 Å². The molecule has 3 N–H and O–H groups in total. The lowest BCUT2D eigenvalue weighted by Crippen LogP contribution is -2.00. The van der Waals surface area contributed by atoms with Gasteiger partial charge in [0.15, 0.2) is 0 Å². The van der Waals surface area contributed by atoms with Crippen LogP contribution in [-0.2, 0) is 0 Å². The van der Waals surface area contributed by atoms with Gasteiger partial charge in [0, 0.05) is 6.20 Å². The molecule has 54 valence electrons. The largest absolute Gasteiger partial charge is 0.387 e. The maximum absolute atomic E-state index is 9.00. The summed E-state index contributed by atoms with van der Waals surface area (Å²) in [7, 11) is 0. The second kappa shape index (κ2) is 2.62. The van der Waals surface area contributed by atoms with Crippen LogP contribution in [0.3, 0.4) is 0 Å². The molecular weight excluding hydrogens is 130 g/mol. The fourth-order valence-electron chi connectivity index (χ4n) is 0.621. The van der Waals surface area contributed by atoms with Crippen LogP contribution in [0.5, 0.6) is 0 Å². The molecule has 0 aromatic carbocycles. The van der Waals surface area contributed by atoms with Crippen LogP contribution in [0.4, 0.5) is 5.95 Å². The SMILES string of the molecule is C[C@H](O)c1ccnc(N)n1. The van der Waals surface area contributed by atoms with Gasteiger partial charge in [-0.1, -0.05) is 0 Å². The number of nitrogen functional groups attached to an aromatic ring is 1. The minimum absolute atomic E-state index is 0.193. The van der Waals surface area contributed by atoms with E-state index in [0.29, 0.717) is 5.69 Å². The number of hydrogen-bond donors (Lipinski definition) is 2. The van der Waals surface area contributed by atoms with Gasteiger partial charge in [0.25, 0.3) is 0 Å². The van der Waals surface area contributed by atoms with Crippen LogP contribution in [0.15, 0.2) is 12.3 Å². The summed E-state index contributed by atoms with van der Waals surface area (Å²) in [4.78, 5) is 7.47. The summed E-state index contributed by atoms with van der Waals surface area (Å²) in [6, 6.07) is 1.63. The van der Waals surface area contributed by atoms with Gasteiger partial charge in [0.2, 0.25) is 5.95 Å². The van der Waals surface area contributed by atoms with Gasteiger partial charge in [-0.25, -0.2) is 9.97 Å². The second-order valence-electron chi connectivity index (χ2n) is 2.02. The van der Waals surface area contributed by atoms with Gasteiger partial charge in [-0.05, 0) is 13.0 Å². The van der Waals surface area contributed by atoms with E-state index in [1.54, 1.807) is 13.0 Å². The van der Waals surface area contributed by atoms with Crippen molar-refractivity contribution in [3.63, 3.8) is 0 Å². The Hall–Kier alpha value is -1.16. The highest BCUT2D eigenvalue weighted by atomic mass is 16.3. The molecule has 0 radical (unpaired) electrons. The van der Waals surface area contributed by atoms with Gasteiger partial charge < -0.3 is 10.8 Å². The Morgan fingerprint density at radius 2 is 2.40 bits per heavy atom. The second-order valence-corrected chi connectivity index (χ2v) is 2.02. The Morgan fingerprint density at radius 1 is 1.70 bits per heavy atom. The number of aromatic nitrogens is 2. The van der Waals surface area contributed by atoms with Crippen LogP contribution in [0.2, 0.25) is 0 Å². The first-order valence-electron chi connectivity index (χ1n) is 2.96. The molecule has 0 aliphatic heterocycles. The van der Waals surface area contributed by atoms with Crippen LogP contribution in [-0.4, -0.2) is 15.1 Å². The Balaban J connectivity index is 2.96. The Kier molecular flexibility index (Phi) is 1.82. The van der Waals surface area contributed by atoms with E-state index in [4.69, 9.17) is 10.8 Å². The number of rotatable bonds is 1. The summed E-state index contributed by atoms with van der Waals surface area (Å²) in [6.45, 7) is 1.63. The summed E-state index contributed by atoms with van der Waals surface area (Å²) >= 11 is 0. The predicted molar refractivity (Wildman–Crippen MR) is 37.1 cm³/mol. The highest BCUT2D eigenvalue weighted by molar-refractivity contribution is 5.17. The highest BCUT2D eigenvalue weighted by Crippen LogP contribution is 2.07. The summed E-state index contributed by atoms with van der Waals surface area (Å²) in [5.74, 6) is 0.193.